The second kappa shape index (κ2) is 10.9. The minimum Gasteiger partial charge on any atom is -0.385 e. The number of carbonyl (C=O) groups excluding carboxylic acids is 1. The molecule has 1 fully saturated rings. The third kappa shape index (κ3) is 5.66. The van der Waals surface area contributed by atoms with Gasteiger partial charge in [-0.05, 0) is 73.2 Å². The van der Waals surface area contributed by atoms with E-state index in [0.29, 0.717) is 36.5 Å². The highest BCUT2D eigenvalue weighted by Gasteiger charge is 2.50. The molecule has 2 N–H and O–H groups in total. The van der Waals surface area contributed by atoms with Gasteiger partial charge in [-0.15, -0.1) is 11.3 Å². The van der Waals surface area contributed by atoms with Gasteiger partial charge in [0.25, 0.3) is 11.5 Å². The molecule has 3 aromatic rings. The highest BCUT2D eigenvalue weighted by atomic mass is 32.1. The summed E-state index contributed by atoms with van der Waals surface area (Å²) in [4.78, 5) is 36.7. The number of H-pyrrole nitrogens is 1. The van der Waals surface area contributed by atoms with Gasteiger partial charge in [0.2, 0.25) is 0 Å². The Morgan fingerprint density at radius 2 is 2.10 bits per heavy atom. The van der Waals surface area contributed by atoms with Crippen molar-refractivity contribution in [2.75, 3.05) is 20.3 Å². The lowest BCUT2D eigenvalue weighted by atomic mass is 10.0. The van der Waals surface area contributed by atoms with Crippen molar-refractivity contribution in [2.24, 2.45) is 0 Å². The van der Waals surface area contributed by atoms with E-state index < -0.39 is 23.8 Å². The van der Waals surface area contributed by atoms with Crippen molar-refractivity contribution in [3.63, 3.8) is 0 Å². The van der Waals surface area contributed by atoms with Crippen LogP contribution >= 0.6 is 11.3 Å². The zero-order valence-electron chi connectivity index (χ0n) is 21.5. The number of thiophene rings is 1. The minimum atomic E-state index is -4.59. The molecule has 5 rings (SSSR count). The van der Waals surface area contributed by atoms with E-state index in [1.54, 1.807) is 18.4 Å². The summed E-state index contributed by atoms with van der Waals surface area (Å²) in [6, 6.07) is 6.29. The fourth-order valence-electron chi connectivity index (χ4n) is 5.14. The molecule has 0 bridgehead atoms. The Morgan fingerprint density at radius 1 is 1.31 bits per heavy atom. The average Bonchev–Trinajstić information content (AvgIpc) is 3.64. The van der Waals surface area contributed by atoms with E-state index in [1.807, 2.05) is 0 Å². The zero-order chi connectivity index (χ0) is 27.8. The number of aromatic nitrogens is 2. The maximum absolute atomic E-state index is 13.3. The standard InChI is InChI=1S/C28H30F3N3O4S/c1-38-12-4-5-17-13-22(39-16-17)27(9-10-27)26-32-21-8-3-11-34(15-20(21)24(36)33-26)25(37)23(35)18-6-2-7-19(14-18)28(29,30)31/h2,6-7,13-14,16,23,35H,3-5,8-12,15H2,1H3,(H,32,33,36). The molecule has 0 radical (unpaired) electrons. The van der Waals surface area contributed by atoms with Gasteiger partial charge in [-0.2, -0.15) is 13.2 Å². The predicted octanol–water partition coefficient (Wildman–Crippen LogP) is 4.52. The van der Waals surface area contributed by atoms with Crippen molar-refractivity contribution in [3.05, 3.63) is 84.7 Å². The smallest absolute Gasteiger partial charge is 0.385 e. The van der Waals surface area contributed by atoms with Crippen LogP contribution in [0.25, 0.3) is 0 Å². The molecule has 1 aromatic carbocycles. The Morgan fingerprint density at radius 3 is 2.82 bits per heavy atom. The maximum Gasteiger partial charge on any atom is 0.416 e. The summed E-state index contributed by atoms with van der Waals surface area (Å²) in [5.41, 5.74) is 0.497. The summed E-state index contributed by atoms with van der Waals surface area (Å²) in [5.74, 6) is -0.107. The number of aliphatic hydroxyl groups is 1. The van der Waals surface area contributed by atoms with Crippen molar-refractivity contribution in [1.82, 2.24) is 14.9 Å². The number of methoxy groups -OCH3 is 1. The monoisotopic (exact) mass is 561 g/mol. The van der Waals surface area contributed by atoms with Crippen LogP contribution in [0.15, 0.2) is 40.5 Å². The SMILES string of the molecule is COCCCc1csc(C2(c3nc4c(c(=O)[nH]3)CN(C(=O)C(O)c3cccc(C(F)(F)F)c3)CCC4)CC2)c1. The Bertz CT molecular complexity index is 1410. The first kappa shape index (κ1) is 27.5. The quantitative estimate of drug-likeness (QED) is 0.395. The van der Waals surface area contributed by atoms with Crippen LogP contribution in [0.5, 0.6) is 0 Å². The molecule has 1 aliphatic heterocycles. The van der Waals surface area contributed by atoms with E-state index in [2.05, 4.69) is 16.4 Å². The van der Waals surface area contributed by atoms with Gasteiger partial charge in [0.1, 0.15) is 5.82 Å². The van der Waals surface area contributed by atoms with E-state index in [4.69, 9.17) is 9.72 Å². The molecular weight excluding hydrogens is 531 g/mol. The first-order valence-corrected chi connectivity index (χ1v) is 13.8. The van der Waals surface area contributed by atoms with E-state index in [-0.39, 0.29) is 29.6 Å². The molecule has 1 atom stereocenters. The van der Waals surface area contributed by atoms with Crippen molar-refractivity contribution in [3.8, 4) is 0 Å². The molecule has 1 saturated carbocycles. The van der Waals surface area contributed by atoms with Crippen LogP contribution in [0.3, 0.4) is 0 Å². The molecule has 0 saturated heterocycles. The number of aromatic amines is 1. The van der Waals surface area contributed by atoms with Gasteiger partial charge in [0.05, 0.1) is 28.8 Å². The molecule has 11 heteroatoms. The summed E-state index contributed by atoms with van der Waals surface area (Å²) in [7, 11) is 1.69. The number of rotatable bonds is 8. The molecular formula is C28H30F3N3O4S. The molecule has 3 heterocycles. The number of ether oxygens (including phenoxy) is 1. The lowest BCUT2D eigenvalue weighted by Gasteiger charge is -2.24. The summed E-state index contributed by atoms with van der Waals surface area (Å²) in [6.45, 7) is 0.885. The van der Waals surface area contributed by atoms with Crippen LogP contribution in [-0.2, 0) is 40.5 Å². The normalized spacial score (nSPS) is 17.4. The van der Waals surface area contributed by atoms with E-state index in [0.717, 1.165) is 43.9 Å². The molecule has 1 amide bonds. The number of benzene rings is 1. The van der Waals surface area contributed by atoms with Crippen LogP contribution < -0.4 is 5.56 Å². The van der Waals surface area contributed by atoms with Gasteiger partial charge in [-0.1, -0.05) is 12.1 Å². The molecule has 1 aliphatic carbocycles. The van der Waals surface area contributed by atoms with Crippen molar-refractivity contribution >= 4 is 17.2 Å². The van der Waals surface area contributed by atoms with Crippen molar-refractivity contribution in [2.45, 2.75) is 62.8 Å². The lowest BCUT2D eigenvalue weighted by Crippen LogP contribution is -2.36. The highest BCUT2D eigenvalue weighted by Crippen LogP contribution is 2.54. The number of fused-ring (bicyclic) bond motifs is 1. The number of carbonyl (C=O) groups is 1. The fraction of sp³-hybridized carbons (Fsp3) is 0.464. The predicted molar refractivity (Wildman–Crippen MR) is 140 cm³/mol. The maximum atomic E-state index is 13.3. The number of nitrogens with one attached hydrogen (secondary N) is 1. The minimum absolute atomic E-state index is 0.0670. The van der Waals surface area contributed by atoms with E-state index in [1.165, 1.54) is 21.4 Å². The third-order valence-corrected chi connectivity index (χ3v) is 8.69. The average molecular weight is 562 g/mol. The van der Waals surface area contributed by atoms with Gasteiger partial charge < -0.3 is 19.7 Å². The van der Waals surface area contributed by atoms with Crippen LogP contribution in [0.1, 0.15) is 70.4 Å². The number of hydrogen-bond acceptors (Lipinski definition) is 6. The number of aryl methyl sites for hydroxylation is 2. The number of hydrogen-bond donors (Lipinski definition) is 2. The first-order valence-electron chi connectivity index (χ1n) is 13.0. The van der Waals surface area contributed by atoms with Gasteiger partial charge in [0.15, 0.2) is 6.10 Å². The van der Waals surface area contributed by atoms with Gasteiger partial charge in [-0.25, -0.2) is 4.98 Å². The highest BCUT2D eigenvalue weighted by molar-refractivity contribution is 7.10. The molecule has 7 nitrogen and oxygen atoms in total. The first-order chi connectivity index (χ1) is 18.6. The number of nitrogens with zero attached hydrogens (tertiary/aromatic N) is 2. The number of amides is 1. The molecule has 39 heavy (non-hydrogen) atoms. The van der Waals surface area contributed by atoms with Crippen LogP contribution in [0.2, 0.25) is 0 Å². The number of aliphatic hydroxyl groups excluding tert-OH is 1. The summed E-state index contributed by atoms with van der Waals surface area (Å²) in [6.07, 6.45) is -1.73. The van der Waals surface area contributed by atoms with Gasteiger partial charge >= 0.3 is 6.18 Å². The zero-order valence-corrected chi connectivity index (χ0v) is 22.3. The van der Waals surface area contributed by atoms with E-state index in [9.17, 15) is 27.9 Å². The lowest BCUT2D eigenvalue weighted by molar-refractivity contribution is -0.142. The van der Waals surface area contributed by atoms with Crippen molar-refractivity contribution in [1.29, 1.82) is 0 Å². The Hall–Kier alpha value is -3.02. The van der Waals surface area contributed by atoms with Crippen LogP contribution in [0, 0.1) is 0 Å². The molecule has 208 valence electrons. The topological polar surface area (TPSA) is 95.5 Å². The second-order valence-corrected chi connectivity index (χ2v) is 11.1. The molecule has 1 unspecified atom stereocenters. The molecule has 2 aromatic heterocycles. The summed E-state index contributed by atoms with van der Waals surface area (Å²) >= 11 is 1.67. The third-order valence-electron chi connectivity index (χ3n) is 7.51. The van der Waals surface area contributed by atoms with Gasteiger partial charge in [-0.3, -0.25) is 9.59 Å². The largest absolute Gasteiger partial charge is 0.416 e. The molecule has 2 aliphatic rings. The Balaban J connectivity index is 1.35. The summed E-state index contributed by atoms with van der Waals surface area (Å²) < 4.78 is 44.5. The number of alkyl halides is 3. The van der Waals surface area contributed by atoms with Gasteiger partial charge in [0, 0.05) is 25.1 Å². The Labute approximate surface area is 227 Å². The van der Waals surface area contributed by atoms with Crippen molar-refractivity contribution < 1.29 is 27.8 Å². The van der Waals surface area contributed by atoms with E-state index >= 15 is 0 Å². The fourth-order valence-corrected chi connectivity index (χ4v) is 6.35. The Kier molecular flexibility index (Phi) is 7.67. The summed E-state index contributed by atoms with van der Waals surface area (Å²) in [5, 5.41) is 12.8. The second-order valence-electron chi connectivity index (χ2n) is 10.2. The van der Waals surface area contributed by atoms with Crippen LogP contribution in [-0.4, -0.2) is 46.1 Å². The number of halogens is 3. The van der Waals surface area contributed by atoms with Crippen LogP contribution in [0.4, 0.5) is 13.2 Å². The molecule has 0 spiro atoms.